The largest absolute Gasteiger partial charge is 0.349 e. The van der Waals surface area contributed by atoms with Gasteiger partial charge in [0.25, 0.3) is 0 Å². The van der Waals surface area contributed by atoms with Gasteiger partial charge in [-0.3, -0.25) is 4.79 Å². The maximum atomic E-state index is 13.7. The third-order valence-corrected chi connectivity index (χ3v) is 4.67. The number of aromatic nitrogens is 2. The summed E-state index contributed by atoms with van der Waals surface area (Å²) < 4.78 is 13.7. The van der Waals surface area contributed by atoms with E-state index in [1.165, 1.54) is 12.1 Å². The van der Waals surface area contributed by atoms with Crippen LogP contribution in [0.3, 0.4) is 0 Å². The fraction of sp³-hybridized carbons (Fsp3) is 0.263. The molecule has 3 aromatic rings. The van der Waals surface area contributed by atoms with Crippen LogP contribution in [0.25, 0.3) is 11.0 Å². The van der Waals surface area contributed by atoms with Gasteiger partial charge in [0.1, 0.15) is 5.82 Å². The number of benzene rings is 2. The number of hydrogen-bond acceptors (Lipinski definition) is 3. The number of nitrogens with one attached hydrogen (secondary N) is 2. The highest BCUT2D eigenvalue weighted by Crippen LogP contribution is 2.30. The van der Waals surface area contributed by atoms with E-state index in [1.807, 2.05) is 24.3 Å². The highest BCUT2D eigenvalue weighted by molar-refractivity contribution is 5.77. The number of imidazole rings is 1. The molecule has 0 aliphatic carbocycles. The average Bonchev–Trinajstić information content (AvgIpc) is 2.90. The van der Waals surface area contributed by atoms with Crippen molar-refractivity contribution in [2.24, 2.45) is 0 Å². The van der Waals surface area contributed by atoms with Gasteiger partial charge in [-0.2, -0.15) is 0 Å². The molecule has 1 atom stereocenters. The Morgan fingerprint density at radius 1 is 1.32 bits per heavy atom. The molecule has 0 saturated heterocycles. The van der Waals surface area contributed by atoms with E-state index in [4.69, 9.17) is 0 Å². The second-order valence-electron chi connectivity index (χ2n) is 6.37. The number of carbonyl (C=O) groups is 1. The van der Waals surface area contributed by atoms with Crippen LogP contribution in [0.4, 0.5) is 10.3 Å². The molecule has 1 aliphatic rings. The SMILES string of the molecule is CC(=O)N1CCC(Nc2nc3ccccc3[nH]2)c2ccc(F)cc2C1. The molecule has 5 nitrogen and oxygen atoms in total. The zero-order chi connectivity index (χ0) is 17.4. The van der Waals surface area contributed by atoms with Crippen LogP contribution in [0.5, 0.6) is 0 Å². The van der Waals surface area contributed by atoms with E-state index in [-0.39, 0.29) is 17.8 Å². The molecule has 0 spiro atoms. The van der Waals surface area contributed by atoms with Crippen LogP contribution in [0.1, 0.15) is 30.5 Å². The molecular weight excluding hydrogens is 319 g/mol. The molecular formula is C19H19FN4O. The molecule has 128 valence electrons. The van der Waals surface area contributed by atoms with Crippen molar-refractivity contribution in [3.8, 4) is 0 Å². The Morgan fingerprint density at radius 2 is 2.16 bits per heavy atom. The first-order valence-corrected chi connectivity index (χ1v) is 8.35. The molecule has 1 amide bonds. The van der Waals surface area contributed by atoms with E-state index >= 15 is 0 Å². The lowest BCUT2D eigenvalue weighted by Gasteiger charge is -2.19. The lowest BCUT2D eigenvalue weighted by atomic mass is 9.99. The van der Waals surface area contributed by atoms with Crippen molar-refractivity contribution in [1.29, 1.82) is 0 Å². The predicted molar refractivity (Wildman–Crippen MR) is 94.6 cm³/mol. The summed E-state index contributed by atoms with van der Waals surface area (Å²) in [7, 11) is 0. The number of hydrogen-bond donors (Lipinski definition) is 2. The second kappa shape index (κ2) is 6.20. The monoisotopic (exact) mass is 338 g/mol. The van der Waals surface area contributed by atoms with Crippen LogP contribution in [-0.2, 0) is 11.3 Å². The van der Waals surface area contributed by atoms with Crippen LogP contribution in [0.2, 0.25) is 0 Å². The minimum absolute atomic E-state index is 0.000372. The van der Waals surface area contributed by atoms with Crippen LogP contribution >= 0.6 is 0 Å². The van der Waals surface area contributed by atoms with E-state index in [0.717, 1.165) is 28.6 Å². The van der Waals surface area contributed by atoms with Crippen molar-refractivity contribution in [2.45, 2.75) is 25.9 Å². The Hall–Kier alpha value is -2.89. The number of para-hydroxylation sites is 2. The lowest BCUT2D eigenvalue weighted by Crippen LogP contribution is -2.28. The highest BCUT2D eigenvalue weighted by Gasteiger charge is 2.24. The summed E-state index contributed by atoms with van der Waals surface area (Å²) in [6.45, 7) is 2.59. The Kier molecular flexibility index (Phi) is 3.87. The summed E-state index contributed by atoms with van der Waals surface area (Å²) >= 11 is 0. The third-order valence-electron chi connectivity index (χ3n) is 4.67. The molecule has 25 heavy (non-hydrogen) atoms. The molecule has 1 aliphatic heterocycles. The molecule has 4 rings (SSSR count). The molecule has 0 saturated carbocycles. The average molecular weight is 338 g/mol. The number of carbonyl (C=O) groups excluding carboxylic acids is 1. The molecule has 2 N–H and O–H groups in total. The fourth-order valence-corrected chi connectivity index (χ4v) is 3.38. The van der Waals surface area contributed by atoms with Crippen molar-refractivity contribution in [3.63, 3.8) is 0 Å². The number of halogens is 1. The minimum Gasteiger partial charge on any atom is -0.349 e. The Balaban J connectivity index is 1.68. The number of anilines is 1. The molecule has 0 radical (unpaired) electrons. The molecule has 2 heterocycles. The number of amides is 1. The van der Waals surface area contributed by atoms with Gasteiger partial charge >= 0.3 is 0 Å². The quantitative estimate of drug-likeness (QED) is 0.750. The van der Waals surface area contributed by atoms with Crippen molar-refractivity contribution < 1.29 is 9.18 Å². The van der Waals surface area contributed by atoms with Crippen LogP contribution < -0.4 is 5.32 Å². The number of H-pyrrole nitrogens is 1. The first-order chi connectivity index (χ1) is 12.1. The molecule has 2 aromatic carbocycles. The summed E-state index contributed by atoms with van der Waals surface area (Å²) in [5.41, 5.74) is 3.69. The standard InChI is InChI=1S/C19H19FN4O/c1-12(25)24-9-8-16(15-7-6-14(20)10-13(15)11-24)21-19-22-17-4-2-3-5-18(17)23-19/h2-7,10,16H,8-9,11H2,1H3,(H2,21,22,23). The summed E-state index contributed by atoms with van der Waals surface area (Å²) in [6, 6.07) is 12.6. The van der Waals surface area contributed by atoms with Gasteiger partial charge in [0.15, 0.2) is 0 Å². The van der Waals surface area contributed by atoms with E-state index in [0.29, 0.717) is 19.0 Å². The topological polar surface area (TPSA) is 61.0 Å². The first-order valence-electron chi connectivity index (χ1n) is 8.35. The zero-order valence-corrected chi connectivity index (χ0v) is 13.9. The number of aromatic amines is 1. The minimum atomic E-state index is -0.286. The third kappa shape index (κ3) is 3.07. The van der Waals surface area contributed by atoms with Gasteiger partial charge in [-0.25, -0.2) is 9.37 Å². The summed E-state index contributed by atoms with van der Waals surface area (Å²) in [4.78, 5) is 21.4. The van der Waals surface area contributed by atoms with Gasteiger partial charge in [0, 0.05) is 20.0 Å². The molecule has 0 fully saturated rings. The number of fused-ring (bicyclic) bond motifs is 2. The normalized spacial score (nSPS) is 17.2. The number of nitrogens with zero attached hydrogens (tertiary/aromatic N) is 2. The maximum Gasteiger partial charge on any atom is 0.219 e. The van der Waals surface area contributed by atoms with E-state index in [2.05, 4.69) is 15.3 Å². The van der Waals surface area contributed by atoms with Gasteiger partial charge in [-0.1, -0.05) is 18.2 Å². The molecule has 1 unspecified atom stereocenters. The van der Waals surface area contributed by atoms with Crippen LogP contribution in [-0.4, -0.2) is 27.3 Å². The summed E-state index contributed by atoms with van der Waals surface area (Å²) in [5.74, 6) is 0.393. The van der Waals surface area contributed by atoms with Gasteiger partial charge in [0.2, 0.25) is 11.9 Å². The summed E-state index contributed by atoms with van der Waals surface area (Å²) in [6.07, 6.45) is 0.731. The Bertz CT molecular complexity index is 903. The molecule has 6 heteroatoms. The van der Waals surface area contributed by atoms with Crippen molar-refractivity contribution in [2.75, 3.05) is 11.9 Å². The molecule has 0 bridgehead atoms. The maximum absolute atomic E-state index is 13.7. The lowest BCUT2D eigenvalue weighted by molar-refractivity contribution is -0.129. The Morgan fingerprint density at radius 3 is 2.96 bits per heavy atom. The van der Waals surface area contributed by atoms with Crippen molar-refractivity contribution >= 4 is 22.9 Å². The van der Waals surface area contributed by atoms with Gasteiger partial charge in [-0.15, -0.1) is 0 Å². The van der Waals surface area contributed by atoms with Crippen molar-refractivity contribution in [1.82, 2.24) is 14.9 Å². The van der Waals surface area contributed by atoms with E-state index < -0.39 is 0 Å². The van der Waals surface area contributed by atoms with Gasteiger partial charge in [0.05, 0.1) is 17.1 Å². The smallest absolute Gasteiger partial charge is 0.219 e. The van der Waals surface area contributed by atoms with Gasteiger partial charge < -0.3 is 15.2 Å². The second-order valence-corrected chi connectivity index (χ2v) is 6.37. The zero-order valence-electron chi connectivity index (χ0n) is 13.9. The number of rotatable bonds is 2. The van der Waals surface area contributed by atoms with Gasteiger partial charge in [-0.05, 0) is 41.8 Å². The first kappa shape index (κ1) is 15.6. The fourth-order valence-electron chi connectivity index (χ4n) is 3.38. The highest BCUT2D eigenvalue weighted by atomic mass is 19.1. The molecule has 1 aromatic heterocycles. The predicted octanol–water partition coefficient (Wildman–Crippen LogP) is 3.61. The van der Waals surface area contributed by atoms with Crippen molar-refractivity contribution in [3.05, 3.63) is 59.4 Å². The van der Waals surface area contributed by atoms with E-state index in [1.54, 1.807) is 17.9 Å². The van der Waals surface area contributed by atoms with Crippen LogP contribution in [0, 0.1) is 5.82 Å². The van der Waals surface area contributed by atoms with Crippen LogP contribution in [0.15, 0.2) is 42.5 Å². The van der Waals surface area contributed by atoms with E-state index in [9.17, 15) is 9.18 Å². The summed E-state index contributed by atoms with van der Waals surface area (Å²) in [5, 5.41) is 3.42. The Labute approximate surface area is 144 Å².